The van der Waals surface area contributed by atoms with Gasteiger partial charge in [-0.15, -0.1) is 0 Å². The van der Waals surface area contributed by atoms with Crippen molar-refractivity contribution in [2.75, 3.05) is 26.9 Å². The molecule has 2 rings (SSSR count). The Morgan fingerprint density at radius 2 is 2.37 bits per heavy atom. The maximum atomic E-state index is 6.09. The van der Waals surface area contributed by atoms with E-state index in [0.717, 1.165) is 38.3 Å². The van der Waals surface area contributed by atoms with E-state index in [2.05, 4.69) is 18.3 Å². The zero-order valence-corrected chi connectivity index (χ0v) is 12.4. The summed E-state index contributed by atoms with van der Waals surface area (Å²) in [4.78, 5) is 0. The van der Waals surface area contributed by atoms with Crippen LogP contribution in [0.25, 0.3) is 0 Å². The summed E-state index contributed by atoms with van der Waals surface area (Å²) < 4.78 is 10.8. The molecule has 1 N–H and O–H groups in total. The van der Waals surface area contributed by atoms with Crippen molar-refractivity contribution in [2.24, 2.45) is 5.92 Å². The van der Waals surface area contributed by atoms with E-state index in [1.165, 1.54) is 5.56 Å². The van der Waals surface area contributed by atoms with E-state index in [9.17, 15) is 0 Å². The van der Waals surface area contributed by atoms with Gasteiger partial charge in [-0.25, -0.2) is 0 Å². The molecular formula is C15H22ClNO2. The molecule has 2 atom stereocenters. The third-order valence-corrected chi connectivity index (χ3v) is 3.90. The van der Waals surface area contributed by atoms with Crippen LogP contribution in [-0.2, 0) is 4.74 Å². The fraction of sp³-hybridized carbons (Fsp3) is 0.600. The summed E-state index contributed by atoms with van der Waals surface area (Å²) in [6.45, 7) is 4.87. The number of benzene rings is 1. The molecule has 1 fully saturated rings. The molecule has 106 valence electrons. The molecule has 1 aromatic rings. The largest absolute Gasteiger partial charge is 0.495 e. The standard InChI is InChI=1S/C15H22ClNO2/c1-3-7-17-15(12-6-8-19-10-12)11-4-5-13(16)14(9-11)18-2/h4-5,9,12,15,17H,3,6-8,10H2,1-2H3. The minimum atomic E-state index is 0.314. The molecule has 1 aliphatic heterocycles. The molecule has 1 aromatic carbocycles. The lowest BCUT2D eigenvalue weighted by molar-refractivity contribution is 0.176. The van der Waals surface area contributed by atoms with Gasteiger partial charge in [0.2, 0.25) is 0 Å². The summed E-state index contributed by atoms with van der Waals surface area (Å²) in [5.41, 5.74) is 1.23. The number of ether oxygens (including phenoxy) is 2. The Bertz CT molecular complexity index is 405. The van der Waals surface area contributed by atoms with Crippen molar-refractivity contribution in [3.05, 3.63) is 28.8 Å². The number of hydrogen-bond acceptors (Lipinski definition) is 3. The van der Waals surface area contributed by atoms with Gasteiger partial charge in [-0.1, -0.05) is 24.6 Å². The normalized spacial score (nSPS) is 20.5. The summed E-state index contributed by atoms with van der Waals surface area (Å²) in [5, 5.41) is 4.28. The first-order valence-corrected chi connectivity index (χ1v) is 7.28. The van der Waals surface area contributed by atoms with Crippen LogP contribution < -0.4 is 10.1 Å². The summed E-state index contributed by atoms with van der Waals surface area (Å²) in [5.74, 6) is 1.26. The Labute approximate surface area is 120 Å². The van der Waals surface area contributed by atoms with E-state index in [1.54, 1.807) is 7.11 Å². The highest BCUT2D eigenvalue weighted by Gasteiger charge is 2.27. The lowest BCUT2D eigenvalue weighted by atomic mass is 9.92. The Kier molecular flexibility index (Phi) is 5.49. The van der Waals surface area contributed by atoms with Crippen LogP contribution >= 0.6 is 11.6 Å². The number of halogens is 1. The average molecular weight is 284 g/mol. The Hall–Kier alpha value is -0.770. The molecule has 1 heterocycles. The first kappa shape index (κ1) is 14.6. The van der Waals surface area contributed by atoms with Crippen molar-refractivity contribution in [1.29, 1.82) is 0 Å². The molecule has 0 spiro atoms. The van der Waals surface area contributed by atoms with E-state index >= 15 is 0 Å². The van der Waals surface area contributed by atoms with E-state index in [0.29, 0.717) is 17.0 Å². The van der Waals surface area contributed by atoms with E-state index in [4.69, 9.17) is 21.1 Å². The van der Waals surface area contributed by atoms with Gasteiger partial charge in [0, 0.05) is 18.6 Å². The summed E-state index contributed by atoms with van der Waals surface area (Å²) in [7, 11) is 1.65. The monoisotopic (exact) mass is 283 g/mol. The van der Waals surface area contributed by atoms with Crippen LogP contribution in [-0.4, -0.2) is 26.9 Å². The molecule has 0 saturated carbocycles. The van der Waals surface area contributed by atoms with Crippen LogP contribution in [0.3, 0.4) is 0 Å². The van der Waals surface area contributed by atoms with E-state index < -0.39 is 0 Å². The van der Waals surface area contributed by atoms with Crippen LogP contribution in [0.2, 0.25) is 5.02 Å². The van der Waals surface area contributed by atoms with Gasteiger partial charge < -0.3 is 14.8 Å². The maximum Gasteiger partial charge on any atom is 0.137 e. The van der Waals surface area contributed by atoms with Crippen LogP contribution in [0.5, 0.6) is 5.75 Å². The molecule has 2 unspecified atom stereocenters. The van der Waals surface area contributed by atoms with Crippen molar-refractivity contribution in [2.45, 2.75) is 25.8 Å². The maximum absolute atomic E-state index is 6.09. The second-order valence-electron chi connectivity index (χ2n) is 4.95. The molecule has 3 nitrogen and oxygen atoms in total. The molecule has 19 heavy (non-hydrogen) atoms. The zero-order chi connectivity index (χ0) is 13.7. The molecule has 0 amide bonds. The van der Waals surface area contributed by atoms with Crippen molar-refractivity contribution < 1.29 is 9.47 Å². The highest BCUT2D eigenvalue weighted by Crippen LogP contribution is 2.33. The predicted molar refractivity (Wildman–Crippen MR) is 78.0 cm³/mol. The highest BCUT2D eigenvalue weighted by molar-refractivity contribution is 6.32. The number of hydrogen-bond donors (Lipinski definition) is 1. The van der Waals surface area contributed by atoms with E-state index in [1.807, 2.05) is 12.1 Å². The topological polar surface area (TPSA) is 30.5 Å². The second-order valence-corrected chi connectivity index (χ2v) is 5.36. The Morgan fingerprint density at radius 1 is 1.53 bits per heavy atom. The van der Waals surface area contributed by atoms with E-state index in [-0.39, 0.29) is 0 Å². The molecule has 0 bridgehead atoms. The predicted octanol–water partition coefficient (Wildman–Crippen LogP) is 3.43. The average Bonchev–Trinajstić information content (AvgIpc) is 2.95. The fourth-order valence-electron chi connectivity index (χ4n) is 2.54. The number of rotatable bonds is 6. The third-order valence-electron chi connectivity index (χ3n) is 3.58. The summed E-state index contributed by atoms with van der Waals surface area (Å²) in [6.07, 6.45) is 2.22. The molecule has 0 aliphatic carbocycles. The Morgan fingerprint density at radius 3 is 3.00 bits per heavy atom. The fourth-order valence-corrected chi connectivity index (χ4v) is 2.74. The van der Waals surface area contributed by atoms with Crippen molar-refractivity contribution >= 4 is 11.6 Å². The Balaban J connectivity index is 2.20. The minimum Gasteiger partial charge on any atom is -0.495 e. The number of nitrogens with one attached hydrogen (secondary N) is 1. The minimum absolute atomic E-state index is 0.314. The quantitative estimate of drug-likeness (QED) is 0.868. The van der Waals surface area contributed by atoms with Crippen LogP contribution in [0.1, 0.15) is 31.4 Å². The first-order chi connectivity index (χ1) is 9.26. The zero-order valence-electron chi connectivity index (χ0n) is 11.6. The van der Waals surface area contributed by atoms with Crippen molar-refractivity contribution in [3.63, 3.8) is 0 Å². The molecule has 4 heteroatoms. The second kappa shape index (κ2) is 7.13. The molecule has 0 radical (unpaired) electrons. The van der Waals surface area contributed by atoms with Gasteiger partial charge in [-0.3, -0.25) is 0 Å². The van der Waals surface area contributed by atoms with Gasteiger partial charge in [0.05, 0.1) is 18.7 Å². The third kappa shape index (κ3) is 3.62. The smallest absolute Gasteiger partial charge is 0.137 e. The van der Waals surface area contributed by atoms with Gasteiger partial charge in [0.1, 0.15) is 5.75 Å². The first-order valence-electron chi connectivity index (χ1n) is 6.90. The van der Waals surface area contributed by atoms with Crippen LogP contribution in [0, 0.1) is 5.92 Å². The molecule has 1 aliphatic rings. The lowest BCUT2D eigenvalue weighted by Gasteiger charge is -2.25. The summed E-state index contributed by atoms with van der Waals surface area (Å²) >= 11 is 6.09. The molecule has 1 saturated heterocycles. The van der Waals surface area contributed by atoms with Gasteiger partial charge in [-0.2, -0.15) is 0 Å². The van der Waals surface area contributed by atoms with Gasteiger partial charge >= 0.3 is 0 Å². The van der Waals surface area contributed by atoms with Crippen molar-refractivity contribution in [3.8, 4) is 5.75 Å². The molecule has 0 aromatic heterocycles. The van der Waals surface area contributed by atoms with Crippen LogP contribution in [0.15, 0.2) is 18.2 Å². The van der Waals surface area contributed by atoms with Crippen molar-refractivity contribution in [1.82, 2.24) is 5.32 Å². The SMILES string of the molecule is CCCNC(c1ccc(Cl)c(OC)c1)C1CCOC1. The summed E-state index contributed by atoms with van der Waals surface area (Å²) in [6, 6.07) is 6.34. The van der Waals surface area contributed by atoms with Gasteiger partial charge in [0.15, 0.2) is 0 Å². The lowest BCUT2D eigenvalue weighted by Crippen LogP contribution is -2.29. The van der Waals surface area contributed by atoms with Crippen LogP contribution in [0.4, 0.5) is 0 Å². The number of methoxy groups -OCH3 is 1. The highest BCUT2D eigenvalue weighted by atomic mass is 35.5. The van der Waals surface area contributed by atoms with Gasteiger partial charge in [0.25, 0.3) is 0 Å². The molecular weight excluding hydrogens is 262 g/mol. The van der Waals surface area contributed by atoms with Gasteiger partial charge in [-0.05, 0) is 37.1 Å².